The highest BCUT2D eigenvalue weighted by Gasteiger charge is 2.08. The molecule has 5 heteroatoms. The lowest BCUT2D eigenvalue weighted by atomic mass is 10.4. The third-order valence-electron chi connectivity index (χ3n) is 1.10. The first-order valence-electron chi connectivity index (χ1n) is 3.14. The first-order chi connectivity index (χ1) is 5.20. The number of anilines is 1. The predicted molar refractivity (Wildman–Crippen MR) is 45.6 cm³/mol. The average molecular weight is 218 g/mol. The van der Waals surface area contributed by atoms with E-state index < -0.39 is 0 Å². The Morgan fingerprint density at radius 2 is 2.64 bits per heavy atom. The van der Waals surface area contributed by atoms with Gasteiger partial charge in [-0.15, -0.1) is 0 Å². The molecule has 0 fully saturated rings. The predicted octanol–water partition coefficient (Wildman–Crippen LogP) is 1.13. The van der Waals surface area contributed by atoms with Crippen LogP contribution in [-0.2, 0) is 4.79 Å². The van der Waals surface area contributed by atoms with E-state index >= 15 is 0 Å². The number of carbonyl (C=O) groups excluding carboxylic acids is 1. The third-order valence-corrected chi connectivity index (χ3v) is 1.52. The molecular formula is C6H8BrN3O. The number of carbonyl (C=O) groups is 1. The van der Waals surface area contributed by atoms with Crippen LogP contribution >= 0.6 is 15.9 Å². The van der Waals surface area contributed by atoms with E-state index in [1.165, 1.54) is 0 Å². The van der Waals surface area contributed by atoms with Crippen molar-refractivity contribution in [1.29, 1.82) is 0 Å². The molecule has 1 atom stereocenters. The Hall–Kier alpha value is -0.840. The summed E-state index contributed by atoms with van der Waals surface area (Å²) < 4.78 is 0. The molecule has 4 nitrogen and oxygen atoms in total. The van der Waals surface area contributed by atoms with Gasteiger partial charge >= 0.3 is 0 Å². The van der Waals surface area contributed by atoms with Crippen molar-refractivity contribution >= 4 is 27.8 Å². The minimum Gasteiger partial charge on any atom is -0.331 e. The average Bonchev–Trinajstić information content (AvgIpc) is 2.39. The van der Waals surface area contributed by atoms with Gasteiger partial charge < -0.3 is 4.98 Å². The van der Waals surface area contributed by atoms with E-state index in [4.69, 9.17) is 0 Å². The summed E-state index contributed by atoms with van der Waals surface area (Å²) in [6, 6.07) is 0. The van der Waals surface area contributed by atoms with Gasteiger partial charge in [-0.1, -0.05) is 15.9 Å². The number of imidazole rings is 1. The molecule has 0 saturated heterocycles. The van der Waals surface area contributed by atoms with Gasteiger partial charge in [0.15, 0.2) is 0 Å². The number of aromatic nitrogens is 2. The van der Waals surface area contributed by atoms with Crippen molar-refractivity contribution < 1.29 is 4.79 Å². The summed E-state index contributed by atoms with van der Waals surface area (Å²) in [5.74, 6) is 0.362. The van der Waals surface area contributed by atoms with Crippen molar-refractivity contribution in [2.45, 2.75) is 11.8 Å². The number of hydrogen-bond acceptors (Lipinski definition) is 2. The molecule has 1 aromatic heterocycles. The molecule has 0 bridgehead atoms. The number of nitrogens with zero attached hydrogens (tertiary/aromatic N) is 1. The Morgan fingerprint density at radius 1 is 1.91 bits per heavy atom. The van der Waals surface area contributed by atoms with Gasteiger partial charge in [-0.05, 0) is 6.92 Å². The maximum absolute atomic E-state index is 11.0. The van der Waals surface area contributed by atoms with Crippen molar-refractivity contribution in [3.63, 3.8) is 0 Å². The number of nitrogens with one attached hydrogen (secondary N) is 2. The number of halogens is 1. The Bertz CT molecular complexity index is 232. The van der Waals surface area contributed by atoms with Crippen molar-refractivity contribution in [2.75, 3.05) is 5.32 Å². The number of rotatable bonds is 2. The quantitative estimate of drug-likeness (QED) is 0.731. The molecule has 0 saturated carbocycles. The molecule has 60 valence electrons. The molecule has 0 aromatic carbocycles. The van der Waals surface area contributed by atoms with Crippen LogP contribution in [0.25, 0.3) is 0 Å². The fourth-order valence-corrected chi connectivity index (χ4v) is 0.664. The maximum atomic E-state index is 11.0. The SMILES string of the molecule is CC(Br)C(=O)Nc1ncc[nH]1. The van der Waals surface area contributed by atoms with Gasteiger partial charge in [0.05, 0.1) is 4.83 Å². The van der Waals surface area contributed by atoms with E-state index in [9.17, 15) is 4.79 Å². The second kappa shape index (κ2) is 3.52. The minimum atomic E-state index is -0.201. The zero-order valence-electron chi connectivity index (χ0n) is 5.97. The largest absolute Gasteiger partial charge is 0.331 e. The lowest BCUT2D eigenvalue weighted by Crippen LogP contribution is -2.20. The van der Waals surface area contributed by atoms with E-state index in [0.29, 0.717) is 5.95 Å². The van der Waals surface area contributed by atoms with Gasteiger partial charge in [0.1, 0.15) is 0 Å². The molecule has 0 aliphatic rings. The monoisotopic (exact) mass is 217 g/mol. The van der Waals surface area contributed by atoms with E-state index in [-0.39, 0.29) is 10.7 Å². The molecule has 0 aliphatic heterocycles. The first kappa shape index (κ1) is 8.26. The van der Waals surface area contributed by atoms with Crippen molar-refractivity contribution in [1.82, 2.24) is 9.97 Å². The molecule has 0 spiro atoms. The summed E-state index contributed by atoms with van der Waals surface area (Å²) in [5.41, 5.74) is 0. The number of alkyl halides is 1. The molecule has 0 aliphatic carbocycles. The summed E-state index contributed by atoms with van der Waals surface area (Å²) in [6.45, 7) is 1.75. The zero-order chi connectivity index (χ0) is 8.27. The highest BCUT2D eigenvalue weighted by molar-refractivity contribution is 9.10. The molecule has 1 aromatic rings. The van der Waals surface area contributed by atoms with Gasteiger partial charge in [0.25, 0.3) is 0 Å². The number of amides is 1. The summed E-state index contributed by atoms with van der Waals surface area (Å²) in [6.07, 6.45) is 3.23. The highest BCUT2D eigenvalue weighted by Crippen LogP contribution is 2.01. The Kier molecular flexibility index (Phi) is 2.64. The molecule has 2 N–H and O–H groups in total. The van der Waals surface area contributed by atoms with Crippen molar-refractivity contribution in [2.24, 2.45) is 0 Å². The summed E-state index contributed by atoms with van der Waals surface area (Å²) in [7, 11) is 0. The molecule has 1 heterocycles. The number of hydrogen-bond donors (Lipinski definition) is 2. The second-order valence-corrected chi connectivity index (χ2v) is 3.42. The third kappa shape index (κ3) is 2.34. The smallest absolute Gasteiger partial charge is 0.240 e. The van der Waals surface area contributed by atoms with Crippen LogP contribution in [0.5, 0.6) is 0 Å². The lowest BCUT2D eigenvalue weighted by molar-refractivity contribution is -0.115. The standard InChI is InChI=1S/C6H8BrN3O/c1-4(7)5(11)10-6-8-2-3-9-6/h2-4H,1H3,(H2,8,9,10,11). The van der Waals surface area contributed by atoms with E-state index in [2.05, 4.69) is 31.2 Å². The minimum absolute atomic E-state index is 0.111. The fourth-order valence-electron chi connectivity index (χ4n) is 0.550. The topological polar surface area (TPSA) is 57.8 Å². The van der Waals surface area contributed by atoms with Gasteiger partial charge in [-0.25, -0.2) is 4.98 Å². The van der Waals surface area contributed by atoms with Crippen molar-refractivity contribution in [3.8, 4) is 0 Å². The van der Waals surface area contributed by atoms with Gasteiger partial charge in [-0.2, -0.15) is 0 Å². The van der Waals surface area contributed by atoms with Crippen LogP contribution in [0.2, 0.25) is 0 Å². The molecule has 0 radical (unpaired) electrons. The van der Waals surface area contributed by atoms with Crippen LogP contribution in [0, 0.1) is 0 Å². The Morgan fingerprint density at radius 3 is 3.09 bits per heavy atom. The van der Waals surface area contributed by atoms with Gasteiger partial charge in [0, 0.05) is 12.4 Å². The molecule has 11 heavy (non-hydrogen) atoms. The number of H-pyrrole nitrogens is 1. The van der Waals surface area contributed by atoms with Crippen LogP contribution in [0.1, 0.15) is 6.92 Å². The van der Waals surface area contributed by atoms with Crippen LogP contribution in [0.4, 0.5) is 5.95 Å². The lowest BCUT2D eigenvalue weighted by Gasteiger charge is -2.01. The van der Waals surface area contributed by atoms with Crippen LogP contribution in [0.3, 0.4) is 0 Å². The normalized spacial score (nSPS) is 12.5. The summed E-state index contributed by atoms with van der Waals surface area (Å²) >= 11 is 3.13. The van der Waals surface area contributed by atoms with Gasteiger partial charge in [0.2, 0.25) is 11.9 Å². The highest BCUT2D eigenvalue weighted by atomic mass is 79.9. The fraction of sp³-hybridized carbons (Fsp3) is 0.333. The van der Waals surface area contributed by atoms with Crippen LogP contribution in [0.15, 0.2) is 12.4 Å². The zero-order valence-corrected chi connectivity index (χ0v) is 7.55. The van der Waals surface area contributed by atoms with Crippen LogP contribution < -0.4 is 5.32 Å². The second-order valence-electron chi connectivity index (χ2n) is 2.04. The Labute approximate surface area is 72.5 Å². The first-order valence-corrected chi connectivity index (χ1v) is 4.06. The van der Waals surface area contributed by atoms with Crippen molar-refractivity contribution in [3.05, 3.63) is 12.4 Å². The van der Waals surface area contributed by atoms with E-state index in [0.717, 1.165) is 0 Å². The van der Waals surface area contributed by atoms with E-state index in [1.807, 2.05) is 0 Å². The summed E-state index contributed by atoms with van der Waals surface area (Å²) in [5, 5.41) is 2.57. The van der Waals surface area contributed by atoms with E-state index in [1.54, 1.807) is 19.3 Å². The van der Waals surface area contributed by atoms with Crippen LogP contribution in [-0.4, -0.2) is 20.7 Å². The van der Waals surface area contributed by atoms with Gasteiger partial charge in [-0.3, -0.25) is 10.1 Å². The number of aromatic amines is 1. The molecule has 1 unspecified atom stereocenters. The maximum Gasteiger partial charge on any atom is 0.240 e. The molecular weight excluding hydrogens is 210 g/mol. The Balaban J connectivity index is 2.50. The summed E-state index contributed by atoms with van der Waals surface area (Å²) in [4.78, 5) is 17.4. The molecule has 1 amide bonds. The molecule has 1 rings (SSSR count).